The van der Waals surface area contributed by atoms with Crippen LogP contribution in [0.25, 0.3) is 0 Å². The summed E-state index contributed by atoms with van der Waals surface area (Å²) in [5.74, 6) is -1.97. The summed E-state index contributed by atoms with van der Waals surface area (Å²) in [6.45, 7) is 0. The van der Waals surface area contributed by atoms with E-state index >= 15 is 0 Å². The average Bonchev–Trinajstić information content (AvgIpc) is 2.75. The third-order valence-electron chi connectivity index (χ3n) is 3.17. The van der Waals surface area contributed by atoms with E-state index in [0.29, 0.717) is 12.8 Å². The number of nitro groups is 2. The van der Waals surface area contributed by atoms with Gasteiger partial charge in [-0.3, -0.25) is 25.0 Å². The molecular weight excluding hydrogens is 192 g/mol. The van der Waals surface area contributed by atoms with Crippen molar-refractivity contribution in [2.75, 3.05) is 0 Å². The molecule has 0 aromatic rings. The number of carbonyl (C=O) groups excluding carboxylic acids is 1. The number of hydrogen-bond acceptors (Lipinski definition) is 5. The van der Waals surface area contributed by atoms with E-state index < -0.39 is 27.3 Å². The van der Waals surface area contributed by atoms with E-state index in [-0.39, 0.29) is 12.2 Å². The Morgan fingerprint density at radius 3 is 2.29 bits per heavy atom. The van der Waals surface area contributed by atoms with Gasteiger partial charge >= 0.3 is 5.66 Å². The van der Waals surface area contributed by atoms with Crippen molar-refractivity contribution >= 4 is 5.78 Å². The first kappa shape index (κ1) is 9.04. The molecular formula is C7H8N2O5. The van der Waals surface area contributed by atoms with Gasteiger partial charge in [0.15, 0.2) is 11.7 Å². The number of carbonyl (C=O) groups is 1. The lowest BCUT2D eigenvalue weighted by Gasteiger charge is -1.99. The fourth-order valence-electron chi connectivity index (χ4n) is 2.49. The highest BCUT2D eigenvalue weighted by molar-refractivity contribution is 5.86. The largest absolute Gasteiger partial charge is 0.472 e. The van der Waals surface area contributed by atoms with Crippen LogP contribution in [0.15, 0.2) is 0 Å². The van der Waals surface area contributed by atoms with Gasteiger partial charge in [-0.05, 0) is 12.8 Å². The van der Waals surface area contributed by atoms with Crippen LogP contribution in [-0.2, 0) is 4.79 Å². The van der Waals surface area contributed by atoms with Crippen molar-refractivity contribution in [1.29, 1.82) is 0 Å². The number of hydrogen-bond donors (Lipinski definition) is 0. The van der Waals surface area contributed by atoms with E-state index in [9.17, 15) is 25.0 Å². The van der Waals surface area contributed by atoms with Crippen molar-refractivity contribution in [3.8, 4) is 0 Å². The minimum atomic E-state index is -2.19. The summed E-state index contributed by atoms with van der Waals surface area (Å²) in [5.41, 5.74) is -2.19. The predicted octanol–water partition coefficient (Wildman–Crippen LogP) is 0.235. The van der Waals surface area contributed by atoms with Crippen LogP contribution in [0.4, 0.5) is 0 Å². The summed E-state index contributed by atoms with van der Waals surface area (Å²) in [7, 11) is 0. The molecule has 0 spiro atoms. The quantitative estimate of drug-likeness (QED) is 0.360. The maximum atomic E-state index is 11.3. The van der Waals surface area contributed by atoms with E-state index in [1.807, 2.05) is 0 Å². The third kappa shape index (κ3) is 0.790. The highest BCUT2D eigenvalue weighted by Crippen LogP contribution is 2.58. The molecule has 0 amide bonds. The summed E-state index contributed by atoms with van der Waals surface area (Å²) in [6.07, 6.45) is 1.19. The molecule has 76 valence electrons. The SMILES string of the molecule is O=C1CCC[C@H]2[C@@H]1C2([N+](=O)[O-])[N+](=O)[O-]. The molecule has 2 rings (SSSR count). The molecule has 7 nitrogen and oxygen atoms in total. The highest BCUT2D eigenvalue weighted by Gasteiger charge is 2.90. The van der Waals surface area contributed by atoms with Gasteiger partial charge in [0.05, 0.1) is 9.85 Å². The second-order valence-corrected chi connectivity index (χ2v) is 3.74. The minimum Gasteiger partial charge on any atom is -0.299 e. The molecule has 0 heterocycles. The van der Waals surface area contributed by atoms with E-state index in [4.69, 9.17) is 0 Å². The van der Waals surface area contributed by atoms with Gasteiger partial charge in [-0.25, -0.2) is 0 Å². The van der Waals surface area contributed by atoms with Crippen LogP contribution >= 0.6 is 0 Å². The number of Topliss-reactive ketones (excluding diaryl/α,β-unsaturated/α-hetero) is 1. The monoisotopic (exact) mass is 200 g/mol. The van der Waals surface area contributed by atoms with Crippen molar-refractivity contribution in [3.05, 3.63) is 20.2 Å². The molecule has 0 unspecified atom stereocenters. The predicted molar refractivity (Wildman–Crippen MR) is 42.6 cm³/mol. The van der Waals surface area contributed by atoms with Gasteiger partial charge in [-0.15, -0.1) is 0 Å². The van der Waals surface area contributed by atoms with E-state index in [1.165, 1.54) is 0 Å². The maximum Gasteiger partial charge on any atom is 0.472 e. The van der Waals surface area contributed by atoms with Crippen LogP contribution < -0.4 is 0 Å². The number of ketones is 1. The van der Waals surface area contributed by atoms with Crippen molar-refractivity contribution in [1.82, 2.24) is 0 Å². The molecule has 0 bridgehead atoms. The first-order chi connectivity index (χ1) is 6.52. The lowest BCUT2D eigenvalue weighted by Crippen LogP contribution is -2.36. The summed E-state index contributed by atoms with van der Waals surface area (Å²) in [5, 5.41) is 21.3. The Balaban J connectivity index is 2.37. The van der Waals surface area contributed by atoms with Crippen LogP contribution in [0.3, 0.4) is 0 Å². The first-order valence-electron chi connectivity index (χ1n) is 4.34. The molecule has 0 aromatic carbocycles. The molecule has 0 radical (unpaired) electrons. The zero-order valence-electron chi connectivity index (χ0n) is 7.21. The Kier molecular flexibility index (Phi) is 1.61. The van der Waals surface area contributed by atoms with Gasteiger partial charge in [0.2, 0.25) is 0 Å². The van der Waals surface area contributed by atoms with Crippen LogP contribution in [0.1, 0.15) is 19.3 Å². The van der Waals surface area contributed by atoms with Gasteiger partial charge in [-0.1, -0.05) is 0 Å². The summed E-state index contributed by atoms with van der Waals surface area (Å²) in [4.78, 5) is 30.8. The van der Waals surface area contributed by atoms with Gasteiger partial charge in [0, 0.05) is 6.42 Å². The maximum absolute atomic E-state index is 11.3. The summed E-state index contributed by atoms with van der Waals surface area (Å²) < 4.78 is 0. The summed E-state index contributed by atoms with van der Waals surface area (Å²) in [6, 6.07) is 0. The zero-order valence-corrected chi connectivity index (χ0v) is 7.21. The van der Waals surface area contributed by atoms with Gasteiger partial charge in [0.1, 0.15) is 5.92 Å². The molecule has 7 heteroatoms. The third-order valence-corrected chi connectivity index (χ3v) is 3.17. The molecule has 2 saturated carbocycles. The molecule has 14 heavy (non-hydrogen) atoms. The molecule has 2 aliphatic rings. The van der Waals surface area contributed by atoms with Gasteiger partial charge < -0.3 is 0 Å². The van der Waals surface area contributed by atoms with Crippen LogP contribution in [0, 0.1) is 32.1 Å². The van der Waals surface area contributed by atoms with Gasteiger partial charge in [-0.2, -0.15) is 0 Å². The lowest BCUT2D eigenvalue weighted by atomic mass is 10.00. The van der Waals surface area contributed by atoms with Crippen LogP contribution in [-0.4, -0.2) is 21.3 Å². The smallest absolute Gasteiger partial charge is 0.299 e. The molecule has 2 aliphatic carbocycles. The van der Waals surface area contributed by atoms with Crippen LogP contribution in [0.2, 0.25) is 0 Å². The second kappa shape index (κ2) is 2.49. The van der Waals surface area contributed by atoms with Crippen molar-refractivity contribution in [2.45, 2.75) is 24.9 Å². The second-order valence-electron chi connectivity index (χ2n) is 3.74. The van der Waals surface area contributed by atoms with Gasteiger partial charge in [0.25, 0.3) is 0 Å². The first-order valence-corrected chi connectivity index (χ1v) is 4.34. The molecule has 0 aromatic heterocycles. The highest BCUT2D eigenvalue weighted by atomic mass is 16.7. The number of rotatable bonds is 2. The van der Waals surface area contributed by atoms with E-state index in [2.05, 4.69) is 0 Å². The molecule has 2 fully saturated rings. The van der Waals surface area contributed by atoms with E-state index in [1.54, 1.807) is 0 Å². The minimum absolute atomic E-state index is 0.241. The fraction of sp³-hybridized carbons (Fsp3) is 0.857. The number of fused-ring (bicyclic) bond motifs is 1. The Morgan fingerprint density at radius 2 is 1.86 bits per heavy atom. The molecule has 2 atom stereocenters. The number of nitrogens with zero attached hydrogens (tertiary/aromatic N) is 2. The fourth-order valence-corrected chi connectivity index (χ4v) is 2.49. The normalized spacial score (nSPS) is 33.3. The molecule has 0 saturated heterocycles. The van der Waals surface area contributed by atoms with E-state index in [0.717, 1.165) is 0 Å². The Labute approximate surface area is 78.4 Å². The van der Waals surface area contributed by atoms with Crippen molar-refractivity contribution in [3.63, 3.8) is 0 Å². The Bertz CT molecular complexity index is 325. The lowest BCUT2D eigenvalue weighted by molar-refractivity contribution is -0.769. The Hall–Kier alpha value is -1.53. The average molecular weight is 200 g/mol. The van der Waals surface area contributed by atoms with Crippen molar-refractivity contribution in [2.24, 2.45) is 11.8 Å². The zero-order chi connectivity index (χ0) is 10.5. The molecule has 0 N–H and O–H groups in total. The van der Waals surface area contributed by atoms with Crippen LogP contribution in [0.5, 0.6) is 0 Å². The van der Waals surface area contributed by atoms with Crippen molar-refractivity contribution < 1.29 is 14.6 Å². The summed E-state index contributed by atoms with van der Waals surface area (Å²) >= 11 is 0. The Morgan fingerprint density at radius 1 is 1.29 bits per heavy atom. The standard InChI is InChI=1S/C7H8N2O5/c10-5-3-1-2-4-6(5)7(4,8(11)12)9(13)14/h4,6H,1-3H2/t4-,6-/m0/s1. The topological polar surface area (TPSA) is 103 Å². The molecule has 0 aliphatic heterocycles.